The van der Waals surface area contributed by atoms with E-state index >= 15 is 0 Å². The van der Waals surface area contributed by atoms with Crippen LogP contribution in [0.3, 0.4) is 0 Å². The predicted molar refractivity (Wildman–Crippen MR) is 93.7 cm³/mol. The molecule has 0 unspecified atom stereocenters. The summed E-state index contributed by atoms with van der Waals surface area (Å²) in [6.07, 6.45) is 12.5. The molecule has 6 heteroatoms. The zero-order chi connectivity index (χ0) is 16.8. The maximum Gasteiger partial charge on any atom is 0.267 e. The molecule has 130 valence electrons. The van der Waals surface area contributed by atoms with Gasteiger partial charge in [-0.25, -0.2) is 10.5 Å². The van der Waals surface area contributed by atoms with Gasteiger partial charge in [-0.2, -0.15) is 0 Å². The van der Waals surface area contributed by atoms with Crippen molar-refractivity contribution < 1.29 is 10.0 Å². The third-order valence-corrected chi connectivity index (χ3v) is 4.97. The van der Waals surface area contributed by atoms with Crippen LogP contribution in [0.25, 0.3) is 6.08 Å². The first kappa shape index (κ1) is 16.9. The summed E-state index contributed by atoms with van der Waals surface area (Å²) in [4.78, 5) is 18.0. The number of carbonyl (C=O) groups is 1. The number of hydrogen-bond donors (Lipinski definition) is 3. The quantitative estimate of drug-likeness (QED) is 0.439. The van der Waals surface area contributed by atoms with Crippen molar-refractivity contribution in [2.75, 3.05) is 18.4 Å². The van der Waals surface area contributed by atoms with Crippen LogP contribution < -0.4 is 10.8 Å². The summed E-state index contributed by atoms with van der Waals surface area (Å²) < 4.78 is 0. The van der Waals surface area contributed by atoms with Crippen LogP contribution in [0.1, 0.15) is 44.1 Å². The van der Waals surface area contributed by atoms with Crippen molar-refractivity contribution in [2.45, 2.75) is 50.6 Å². The summed E-state index contributed by atoms with van der Waals surface area (Å²) in [5.41, 5.74) is 2.38. The fourth-order valence-corrected chi connectivity index (χ4v) is 3.73. The van der Waals surface area contributed by atoms with Crippen molar-refractivity contribution in [1.29, 1.82) is 0 Å². The SMILES string of the molecule is O=C(C=Cc1ccc(N[C@@H]2CCCN(C3CCCC3)C2)nc1)NO. The van der Waals surface area contributed by atoms with Gasteiger partial charge in [-0.05, 0) is 56.0 Å². The van der Waals surface area contributed by atoms with E-state index in [9.17, 15) is 4.79 Å². The topological polar surface area (TPSA) is 77.5 Å². The van der Waals surface area contributed by atoms with Crippen LogP contribution in [0.2, 0.25) is 0 Å². The largest absolute Gasteiger partial charge is 0.366 e. The molecule has 0 bridgehead atoms. The zero-order valence-electron chi connectivity index (χ0n) is 13.9. The van der Waals surface area contributed by atoms with Crippen LogP contribution in [0.5, 0.6) is 0 Å². The maximum absolute atomic E-state index is 11.0. The highest BCUT2D eigenvalue weighted by Crippen LogP contribution is 2.26. The number of rotatable bonds is 5. The lowest BCUT2D eigenvalue weighted by atomic mass is 10.0. The third kappa shape index (κ3) is 4.55. The molecule has 1 atom stereocenters. The number of amides is 1. The highest BCUT2D eigenvalue weighted by molar-refractivity contribution is 5.90. The number of pyridine rings is 1. The number of nitrogens with one attached hydrogen (secondary N) is 2. The van der Waals surface area contributed by atoms with E-state index in [1.165, 1.54) is 51.1 Å². The number of aromatic nitrogens is 1. The smallest absolute Gasteiger partial charge is 0.267 e. The summed E-state index contributed by atoms with van der Waals surface area (Å²) in [6.45, 7) is 2.33. The van der Waals surface area contributed by atoms with Crippen molar-refractivity contribution in [1.82, 2.24) is 15.4 Å². The number of piperidine rings is 1. The lowest BCUT2D eigenvalue weighted by Crippen LogP contribution is -2.46. The highest BCUT2D eigenvalue weighted by atomic mass is 16.5. The lowest BCUT2D eigenvalue weighted by molar-refractivity contribution is -0.124. The Balaban J connectivity index is 1.53. The third-order valence-electron chi connectivity index (χ3n) is 4.97. The van der Waals surface area contributed by atoms with E-state index in [1.807, 2.05) is 12.1 Å². The van der Waals surface area contributed by atoms with Gasteiger partial charge in [0.1, 0.15) is 5.82 Å². The second kappa shape index (κ2) is 8.26. The molecule has 2 fully saturated rings. The predicted octanol–water partition coefficient (Wildman–Crippen LogP) is 2.42. The summed E-state index contributed by atoms with van der Waals surface area (Å²) in [5.74, 6) is 0.323. The maximum atomic E-state index is 11.0. The Morgan fingerprint density at radius 1 is 1.25 bits per heavy atom. The first-order valence-electron chi connectivity index (χ1n) is 8.83. The van der Waals surface area contributed by atoms with Crippen molar-refractivity contribution in [3.8, 4) is 0 Å². The second-order valence-electron chi connectivity index (χ2n) is 6.70. The molecule has 2 heterocycles. The first-order chi connectivity index (χ1) is 11.7. The Labute approximate surface area is 142 Å². The van der Waals surface area contributed by atoms with Crippen molar-refractivity contribution >= 4 is 17.8 Å². The molecule has 1 aliphatic carbocycles. The van der Waals surface area contributed by atoms with Gasteiger partial charge in [-0.3, -0.25) is 14.9 Å². The molecule has 1 saturated carbocycles. The summed E-state index contributed by atoms with van der Waals surface area (Å²) >= 11 is 0. The molecule has 1 aromatic rings. The van der Waals surface area contributed by atoms with Crippen molar-refractivity contribution in [3.05, 3.63) is 30.0 Å². The molecule has 1 amide bonds. The normalized spacial score (nSPS) is 22.8. The monoisotopic (exact) mass is 330 g/mol. The molecule has 6 nitrogen and oxygen atoms in total. The van der Waals surface area contributed by atoms with E-state index in [0.717, 1.165) is 24.0 Å². The van der Waals surface area contributed by atoms with Gasteiger partial charge in [0.05, 0.1) is 0 Å². The van der Waals surface area contributed by atoms with Gasteiger partial charge in [0.2, 0.25) is 0 Å². The van der Waals surface area contributed by atoms with E-state index < -0.39 is 5.91 Å². The van der Waals surface area contributed by atoms with Crippen LogP contribution in [0.15, 0.2) is 24.4 Å². The Morgan fingerprint density at radius 2 is 2.08 bits per heavy atom. The van der Waals surface area contributed by atoms with E-state index in [4.69, 9.17) is 5.21 Å². The molecular weight excluding hydrogens is 304 g/mol. The van der Waals surface area contributed by atoms with Crippen molar-refractivity contribution in [3.63, 3.8) is 0 Å². The zero-order valence-corrected chi connectivity index (χ0v) is 13.9. The summed E-state index contributed by atoms with van der Waals surface area (Å²) in [5, 5.41) is 12.0. The van der Waals surface area contributed by atoms with Gasteiger partial charge >= 0.3 is 0 Å². The van der Waals surface area contributed by atoms with Gasteiger partial charge in [0.15, 0.2) is 0 Å². The average Bonchev–Trinajstić information content (AvgIpc) is 3.16. The van der Waals surface area contributed by atoms with E-state index in [-0.39, 0.29) is 0 Å². The Morgan fingerprint density at radius 3 is 2.79 bits per heavy atom. The number of hydroxylamine groups is 1. The number of hydrogen-bond acceptors (Lipinski definition) is 5. The van der Waals surface area contributed by atoms with Crippen molar-refractivity contribution in [2.24, 2.45) is 0 Å². The van der Waals surface area contributed by atoms with Crippen LogP contribution in [0, 0.1) is 0 Å². The minimum atomic E-state index is -0.550. The Kier molecular flexibility index (Phi) is 5.82. The van der Waals surface area contributed by atoms with Crippen LogP contribution in [0.4, 0.5) is 5.82 Å². The van der Waals surface area contributed by atoms with Gasteiger partial charge in [0.25, 0.3) is 5.91 Å². The molecular formula is C18H26N4O2. The number of carbonyl (C=O) groups excluding carboxylic acids is 1. The van der Waals surface area contributed by atoms with Crippen LogP contribution in [-0.4, -0.2) is 46.2 Å². The summed E-state index contributed by atoms with van der Waals surface area (Å²) in [7, 11) is 0. The van der Waals surface area contributed by atoms with E-state index in [0.29, 0.717) is 6.04 Å². The number of anilines is 1. The van der Waals surface area contributed by atoms with Gasteiger partial charge in [-0.1, -0.05) is 12.8 Å². The highest BCUT2D eigenvalue weighted by Gasteiger charge is 2.27. The minimum Gasteiger partial charge on any atom is -0.366 e. The first-order valence-corrected chi connectivity index (χ1v) is 8.83. The number of nitrogens with zero attached hydrogens (tertiary/aromatic N) is 2. The second-order valence-corrected chi connectivity index (χ2v) is 6.70. The fourth-order valence-electron chi connectivity index (χ4n) is 3.73. The molecule has 3 N–H and O–H groups in total. The Hall–Kier alpha value is -1.92. The fraction of sp³-hybridized carbons (Fsp3) is 0.556. The molecule has 0 aromatic carbocycles. The minimum absolute atomic E-state index is 0.452. The molecule has 0 radical (unpaired) electrons. The standard InChI is InChI=1S/C18H26N4O2/c23-18(21-24)10-8-14-7-9-17(19-12-14)20-15-4-3-11-22(13-15)16-5-1-2-6-16/h7-10,12,15-16,24H,1-6,11,13H2,(H,19,20)(H,21,23)/t15-/m1/s1. The summed E-state index contributed by atoms with van der Waals surface area (Å²) in [6, 6.07) is 5.08. The van der Waals surface area contributed by atoms with E-state index in [1.54, 1.807) is 17.8 Å². The molecule has 0 spiro atoms. The van der Waals surface area contributed by atoms with Crippen LogP contribution >= 0.6 is 0 Å². The molecule has 2 aliphatic rings. The molecule has 3 rings (SSSR count). The Bertz CT molecular complexity index is 567. The van der Waals surface area contributed by atoms with Crippen LogP contribution in [-0.2, 0) is 4.79 Å². The lowest BCUT2D eigenvalue weighted by Gasteiger charge is -2.37. The van der Waals surface area contributed by atoms with Gasteiger partial charge < -0.3 is 5.32 Å². The van der Waals surface area contributed by atoms with E-state index in [2.05, 4.69) is 15.2 Å². The van der Waals surface area contributed by atoms with Gasteiger partial charge in [0, 0.05) is 30.9 Å². The van der Waals surface area contributed by atoms with Gasteiger partial charge in [-0.15, -0.1) is 0 Å². The average molecular weight is 330 g/mol. The molecule has 1 aliphatic heterocycles. The molecule has 1 aromatic heterocycles. The molecule has 1 saturated heterocycles. The number of likely N-dealkylation sites (tertiary alicyclic amines) is 1. The molecule has 24 heavy (non-hydrogen) atoms.